The topological polar surface area (TPSA) is 21.6 Å². The van der Waals surface area contributed by atoms with Gasteiger partial charge in [0.05, 0.1) is 13.2 Å². The maximum Gasteiger partial charge on any atom is 0.216 e. The molecule has 0 fully saturated rings. The molecule has 2 aromatic rings. The Morgan fingerprint density at radius 1 is 1.05 bits per heavy atom. The fourth-order valence-corrected chi connectivity index (χ4v) is 2.58. The monoisotopic (exact) mass is 251 g/mol. The van der Waals surface area contributed by atoms with Gasteiger partial charge in [-0.25, -0.2) is 0 Å². The summed E-state index contributed by atoms with van der Waals surface area (Å²) in [7, 11) is 0. The zero-order valence-electron chi connectivity index (χ0n) is 11.0. The first-order valence-corrected chi connectivity index (χ1v) is 6.71. The minimum absolute atomic E-state index is 0.335. The molecule has 2 nitrogen and oxygen atoms in total. The van der Waals surface area contributed by atoms with Crippen molar-refractivity contribution in [2.24, 2.45) is 4.99 Å². The quantitative estimate of drug-likeness (QED) is 0.799. The Labute approximate surface area is 113 Å². The van der Waals surface area contributed by atoms with E-state index in [1.54, 1.807) is 0 Å². The van der Waals surface area contributed by atoms with E-state index in [2.05, 4.69) is 47.5 Å². The van der Waals surface area contributed by atoms with Gasteiger partial charge in [-0.3, -0.25) is 4.99 Å². The van der Waals surface area contributed by atoms with Crippen LogP contribution in [0.2, 0.25) is 0 Å². The molecule has 1 atom stereocenters. The maximum absolute atomic E-state index is 5.64. The molecule has 0 saturated carbocycles. The summed E-state index contributed by atoms with van der Waals surface area (Å²) in [6.07, 6.45) is 0. The molecule has 0 radical (unpaired) electrons. The van der Waals surface area contributed by atoms with Crippen LogP contribution in [0.4, 0.5) is 0 Å². The van der Waals surface area contributed by atoms with Crippen LogP contribution in [0.1, 0.15) is 29.5 Å². The Morgan fingerprint density at radius 3 is 2.58 bits per heavy atom. The van der Waals surface area contributed by atoms with Crippen LogP contribution in [0, 0.1) is 0 Å². The number of aliphatic imine (C=N–C) groups is 1. The molecule has 0 bridgehead atoms. The van der Waals surface area contributed by atoms with Crippen LogP contribution in [0.5, 0.6) is 0 Å². The molecule has 19 heavy (non-hydrogen) atoms. The summed E-state index contributed by atoms with van der Waals surface area (Å²) in [5.41, 5.74) is 3.76. The van der Waals surface area contributed by atoms with Crippen molar-refractivity contribution in [1.82, 2.24) is 0 Å². The summed E-state index contributed by atoms with van der Waals surface area (Å²) in [4.78, 5) is 4.61. The van der Waals surface area contributed by atoms with Gasteiger partial charge >= 0.3 is 0 Å². The van der Waals surface area contributed by atoms with Crippen LogP contribution in [0.25, 0.3) is 0 Å². The molecule has 0 amide bonds. The Kier molecular flexibility index (Phi) is 3.32. The molecule has 2 heteroatoms. The molecule has 96 valence electrons. The fourth-order valence-electron chi connectivity index (χ4n) is 2.58. The van der Waals surface area contributed by atoms with Gasteiger partial charge in [-0.05, 0) is 24.1 Å². The fraction of sp³-hybridized carbons (Fsp3) is 0.235. The van der Waals surface area contributed by atoms with Gasteiger partial charge in [-0.1, -0.05) is 48.5 Å². The van der Waals surface area contributed by atoms with Crippen molar-refractivity contribution in [3.8, 4) is 0 Å². The van der Waals surface area contributed by atoms with Crippen LogP contribution >= 0.6 is 0 Å². The van der Waals surface area contributed by atoms with Crippen molar-refractivity contribution in [1.29, 1.82) is 0 Å². The Morgan fingerprint density at radius 2 is 1.79 bits per heavy atom. The molecule has 0 spiro atoms. The largest absolute Gasteiger partial charge is 0.478 e. The van der Waals surface area contributed by atoms with Gasteiger partial charge in [0.1, 0.15) is 0 Å². The highest BCUT2D eigenvalue weighted by molar-refractivity contribution is 5.97. The van der Waals surface area contributed by atoms with Gasteiger partial charge in [-0.15, -0.1) is 0 Å². The van der Waals surface area contributed by atoms with Crippen LogP contribution in [0.15, 0.2) is 59.6 Å². The lowest BCUT2D eigenvalue weighted by Crippen LogP contribution is -2.20. The number of ether oxygens (including phenoxy) is 1. The van der Waals surface area contributed by atoms with Crippen molar-refractivity contribution >= 4 is 5.90 Å². The summed E-state index contributed by atoms with van der Waals surface area (Å²) in [6, 6.07) is 19.0. The van der Waals surface area contributed by atoms with Gasteiger partial charge in [-0.2, -0.15) is 0 Å². The standard InChI is InChI=1S/C17H17NO/c1-2-19-17-15-11-7-6-10-14(15)16(12-18-17)13-8-4-3-5-9-13/h3-11,16H,2,12H2,1H3. The molecular weight excluding hydrogens is 234 g/mol. The van der Waals surface area contributed by atoms with Gasteiger partial charge in [0.2, 0.25) is 5.90 Å². The molecule has 0 saturated heterocycles. The van der Waals surface area contributed by atoms with Crippen molar-refractivity contribution < 1.29 is 4.74 Å². The Balaban J connectivity index is 2.04. The minimum atomic E-state index is 0.335. The number of benzene rings is 2. The first-order chi connectivity index (χ1) is 9.40. The third-order valence-electron chi connectivity index (χ3n) is 3.47. The van der Waals surface area contributed by atoms with E-state index in [9.17, 15) is 0 Å². The second kappa shape index (κ2) is 5.27. The molecule has 1 aliphatic rings. The first kappa shape index (κ1) is 12.0. The highest BCUT2D eigenvalue weighted by atomic mass is 16.5. The van der Waals surface area contributed by atoms with Crippen molar-refractivity contribution in [3.05, 3.63) is 71.3 Å². The summed E-state index contributed by atoms with van der Waals surface area (Å²) in [5.74, 6) is 1.12. The second-order valence-corrected chi connectivity index (χ2v) is 4.63. The molecule has 3 rings (SSSR count). The minimum Gasteiger partial charge on any atom is -0.478 e. The number of fused-ring (bicyclic) bond motifs is 1. The SMILES string of the molecule is CCOC1=NCC(c2ccccc2)c2ccccc21. The third kappa shape index (κ3) is 2.26. The Hall–Kier alpha value is -2.09. The zero-order chi connectivity index (χ0) is 13.1. The van der Waals surface area contributed by atoms with E-state index in [1.807, 2.05) is 19.1 Å². The molecule has 1 aliphatic heterocycles. The van der Waals surface area contributed by atoms with Gasteiger partial charge in [0.15, 0.2) is 0 Å². The van der Waals surface area contributed by atoms with E-state index < -0.39 is 0 Å². The average molecular weight is 251 g/mol. The van der Waals surface area contributed by atoms with E-state index in [0.717, 1.165) is 18.0 Å². The Bertz CT molecular complexity index is 589. The van der Waals surface area contributed by atoms with Crippen LogP contribution in [-0.4, -0.2) is 19.0 Å². The maximum atomic E-state index is 5.64. The van der Waals surface area contributed by atoms with E-state index in [0.29, 0.717) is 12.5 Å². The molecule has 0 N–H and O–H groups in total. The molecule has 1 heterocycles. The van der Waals surface area contributed by atoms with Gasteiger partial charge in [0, 0.05) is 11.5 Å². The molecule has 2 aromatic carbocycles. The molecule has 0 aromatic heterocycles. The van der Waals surface area contributed by atoms with Gasteiger partial charge < -0.3 is 4.74 Å². The molecule has 0 aliphatic carbocycles. The second-order valence-electron chi connectivity index (χ2n) is 4.63. The van der Waals surface area contributed by atoms with Crippen LogP contribution in [-0.2, 0) is 4.74 Å². The normalized spacial score (nSPS) is 17.5. The van der Waals surface area contributed by atoms with Crippen LogP contribution in [0.3, 0.4) is 0 Å². The molecule has 1 unspecified atom stereocenters. The lowest BCUT2D eigenvalue weighted by atomic mass is 9.86. The third-order valence-corrected chi connectivity index (χ3v) is 3.47. The van der Waals surface area contributed by atoms with Crippen molar-refractivity contribution in [2.45, 2.75) is 12.8 Å². The smallest absolute Gasteiger partial charge is 0.216 e. The van der Waals surface area contributed by atoms with Crippen molar-refractivity contribution in [3.63, 3.8) is 0 Å². The number of nitrogens with zero attached hydrogens (tertiary/aromatic N) is 1. The number of hydrogen-bond acceptors (Lipinski definition) is 2. The number of rotatable bonds is 2. The summed E-state index contributed by atoms with van der Waals surface area (Å²) in [6.45, 7) is 3.41. The van der Waals surface area contributed by atoms with Gasteiger partial charge in [0.25, 0.3) is 0 Å². The first-order valence-electron chi connectivity index (χ1n) is 6.71. The zero-order valence-corrected chi connectivity index (χ0v) is 11.0. The molecular formula is C17H17NO. The van der Waals surface area contributed by atoms with Crippen LogP contribution < -0.4 is 0 Å². The predicted molar refractivity (Wildman–Crippen MR) is 77.8 cm³/mol. The summed E-state index contributed by atoms with van der Waals surface area (Å²) >= 11 is 0. The average Bonchev–Trinajstić information content (AvgIpc) is 2.49. The highest BCUT2D eigenvalue weighted by Crippen LogP contribution is 2.31. The lowest BCUT2D eigenvalue weighted by Gasteiger charge is -2.24. The highest BCUT2D eigenvalue weighted by Gasteiger charge is 2.24. The van der Waals surface area contributed by atoms with E-state index in [-0.39, 0.29) is 0 Å². The summed E-state index contributed by atoms with van der Waals surface area (Å²) in [5, 5.41) is 0. The summed E-state index contributed by atoms with van der Waals surface area (Å²) < 4.78 is 5.64. The number of hydrogen-bond donors (Lipinski definition) is 0. The van der Waals surface area contributed by atoms with E-state index in [1.165, 1.54) is 11.1 Å². The van der Waals surface area contributed by atoms with E-state index in [4.69, 9.17) is 4.74 Å². The van der Waals surface area contributed by atoms with Crippen molar-refractivity contribution in [2.75, 3.05) is 13.2 Å². The van der Waals surface area contributed by atoms with E-state index >= 15 is 0 Å². The predicted octanol–water partition coefficient (Wildman–Crippen LogP) is 3.62. The lowest BCUT2D eigenvalue weighted by molar-refractivity contribution is 0.325.